The third kappa shape index (κ3) is 3.70. The van der Waals surface area contributed by atoms with E-state index in [0.29, 0.717) is 25.7 Å². The Hall–Kier alpha value is -3.24. The molecule has 0 spiro atoms. The molecule has 0 atom stereocenters. The molecule has 0 radical (unpaired) electrons. The van der Waals surface area contributed by atoms with E-state index in [9.17, 15) is 35.1 Å². The summed E-state index contributed by atoms with van der Waals surface area (Å²) in [6, 6.07) is 9.13. The van der Waals surface area contributed by atoms with Crippen molar-refractivity contribution in [3.05, 3.63) is 66.0 Å². The molecule has 0 N–H and O–H groups in total. The van der Waals surface area contributed by atoms with Crippen LogP contribution in [0.1, 0.15) is 37.9 Å². The normalized spacial score (nSPS) is 18.3. The van der Waals surface area contributed by atoms with Crippen molar-refractivity contribution in [2.24, 2.45) is 10.9 Å². The second-order valence-electron chi connectivity index (χ2n) is 8.99. The molecule has 0 unspecified atom stereocenters. The Morgan fingerprint density at radius 1 is 0.722 bits per heavy atom. The minimum Gasteiger partial charge on any atom is -0.281 e. The molecule has 3 nitrogen and oxygen atoms in total. The number of nitrogens with zero attached hydrogens (tertiary/aromatic N) is 3. The second kappa shape index (κ2) is 8.41. The lowest BCUT2D eigenvalue weighted by molar-refractivity contribution is -0.301. The number of aliphatic imine (C=N–C) groups is 1. The SMILES string of the molecule is Fc1ccc(-c2nc3n(c2-c2ccc(F)cc2)C(C2CCCCC2)=NC3(C(F)(F)F)C(F)(F)F)cc1. The zero-order chi connectivity index (χ0) is 25.9. The largest absolute Gasteiger partial charge is 0.430 e. The average molecular weight is 513 g/mol. The smallest absolute Gasteiger partial charge is 0.281 e. The van der Waals surface area contributed by atoms with Gasteiger partial charge in [-0.05, 0) is 61.4 Å². The minimum atomic E-state index is -5.84. The van der Waals surface area contributed by atoms with Gasteiger partial charge >= 0.3 is 17.9 Å². The molecule has 2 aromatic carbocycles. The van der Waals surface area contributed by atoms with E-state index in [1.54, 1.807) is 0 Å². The van der Waals surface area contributed by atoms with Crippen molar-refractivity contribution in [2.75, 3.05) is 0 Å². The maximum atomic E-state index is 14.4. The van der Waals surface area contributed by atoms with Crippen LogP contribution in [0.2, 0.25) is 0 Å². The van der Waals surface area contributed by atoms with Crippen molar-refractivity contribution in [3.8, 4) is 22.5 Å². The fourth-order valence-corrected chi connectivity index (χ4v) is 5.02. The number of fused-ring (bicyclic) bond motifs is 1. The Morgan fingerprint density at radius 3 is 1.72 bits per heavy atom. The van der Waals surface area contributed by atoms with Gasteiger partial charge in [0, 0.05) is 17.0 Å². The Balaban J connectivity index is 1.88. The zero-order valence-electron chi connectivity index (χ0n) is 18.6. The second-order valence-corrected chi connectivity index (χ2v) is 8.99. The summed E-state index contributed by atoms with van der Waals surface area (Å²) in [4.78, 5) is 7.31. The lowest BCUT2D eigenvalue weighted by atomic mass is 9.88. The number of alkyl halides is 6. The van der Waals surface area contributed by atoms with E-state index in [0.717, 1.165) is 35.3 Å². The molecule has 1 aromatic heterocycles. The molecule has 0 amide bonds. The van der Waals surface area contributed by atoms with Crippen LogP contribution in [0.25, 0.3) is 22.5 Å². The summed E-state index contributed by atoms with van der Waals surface area (Å²) in [7, 11) is 0. The van der Waals surface area contributed by atoms with Gasteiger partial charge in [0.05, 0.1) is 11.4 Å². The Bertz CT molecular complexity index is 1280. The van der Waals surface area contributed by atoms with Crippen LogP contribution < -0.4 is 0 Å². The van der Waals surface area contributed by atoms with Gasteiger partial charge in [0.2, 0.25) is 0 Å². The highest BCUT2D eigenvalue weighted by Gasteiger charge is 2.77. The van der Waals surface area contributed by atoms with Gasteiger partial charge in [-0.15, -0.1) is 0 Å². The molecule has 3 aromatic rings. The monoisotopic (exact) mass is 513 g/mol. The number of aromatic nitrogens is 2. The van der Waals surface area contributed by atoms with Gasteiger partial charge in [-0.2, -0.15) is 26.3 Å². The zero-order valence-corrected chi connectivity index (χ0v) is 18.6. The van der Waals surface area contributed by atoms with Gasteiger partial charge in [0.1, 0.15) is 17.5 Å². The Morgan fingerprint density at radius 2 is 1.22 bits per heavy atom. The van der Waals surface area contributed by atoms with Gasteiger partial charge in [-0.3, -0.25) is 4.57 Å². The summed E-state index contributed by atoms with van der Waals surface area (Å²) in [5.41, 5.74) is -4.61. The molecule has 1 saturated carbocycles. The number of hydrogen-bond acceptors (Lipinski definition) is 2. The number of rotatable bonds is 3. The number of halogens is 8. The highest BCUT2D eigenvalue weighted by molar-refractivity contribution is 5.97. The van der Waals surface area contributed by atoms with E-state index in [1.165, 1.54) is 24.3 Å². The van der Waals surface area contributed by atoms with Crippen LogP contribution in [-0.4, -0.2) is 27.7 Å². The van der Waals surface area contributed by atoms with Crippen LogP contribution in [0.5, 0.6) is 0 Å². The molecule has 190 valence electrons. The van der Waals surface area contributed by atoms with Crippen LogP contribution in [-0.2, 0) is 5.54 Å². The summed E-state index contributed by atoms with van der Waals surface area (Å²) in [6.07, 6.45) is -8.86. The predicted molar refractivity (Wildman–Crippen MR) is 116 cm³/mol. The summed E-state index contributed by atoms with van der Waals surface area (Å²) < 4.78 is 115. The molecule has 2 aliphatic rings. The summed E-state index contributed by atoms with van der Waals surface area (Å²) >= 11 is 0. The molecule has 5 rings (SSSR count). The Kier molecular flexibility index (Phi) is 5.72. The Labute approximate surface area is 200 Å². The highest BCUT2D eigenvalue weighted by Crippen LogP contribution is 2.57. The van der Waals surface area contributed by atoms with Crippen molar-refractivity contribution < 1.29 is 35.1 Å². The molecule has 0 saturated heterocycles. The van der Waals surface area contributed by atoms with E-state index in [1.807, 2.05) is 0 Å². The van der Waals surface area contributed by atoms with Crippen LogP contribution in [0.3, 0.4) is 0 Å². The molecule has 1 aliphatic heterocycles. The van der Waals surface area contributed by atoms with E-state index in [4.69, 9.17) is 0 Å². The summed E-state index contributed by atoms with van der Waals surface area (Å²) in [5, 5.41) is 0. The molecule has 11 heteroatoms. The van der Waals surface area contributed by atoms with Crippen molar-refractivity contribution >= 4 is 5.84 Å². The molecule has 0 bridgehead atoms. The van der Waals surface area contributed by atoms with Gasteiger partial charge in [-0.1, -0.05) is 19.3 Å². The lowest BCUT2D eigenvalue weighted by Crippen LogP contribution is -2.52. The minimum absolute atomic E-state index is 0.0868. The maximum absolute atomic E-state index is 14.4. The standard InChI is InChI=1S/C25H19F8N3/c26-17-10-6-14(7-11-17)19-20(15-8-12-18(27)13-9-15)36-21(16-4-2-1-3-5-16)35-23(22(36)34-19,24(28,29)30)25(31,32)33/h6-13,16H,1-5H2. The lowest BCUT2D eigenvalue weighted by Gasteiger charge is -2.29. The van der Waals surface area contributed by atoms with Gasteiger partial charge in [0.15, 0.2) is 5.82 Å². The first kappa shape index (κ1) is 24.5. The van der Waals surface area contributed by atoms with Crippen LogP contribution in [0.4, 0.5) is 35.1 Å². The van der Waals surface area contributed by atoms with Crippen molar-refractivity contribution in [1.82, 2.24) is 9.55 Å². The third-order valence-electron chi connectivity index (χ3n) is 6.74. The van der Waals surface area contributed by atoms with Crippen LogP contribution >= 0.6 is 0 Å². The molecule has 2 heterocycles. The molecule has 1 aliphatic carbocycles. The fourth-order valence-electron chi connectivity index (χ4n) is 5.02. The molecule has 1 fully saturated rings. The quantitative estimate of drug-likeness (QED) is 0.331. The fraction of sp³-hybridized carbons (Fsp3) is 0.360. The first-order valence-corrected chi connectivity index (χ1v) is 11.3. The molecular formula is C25H19F8N3. The topological polar surface area (TPSA) is 30.2 Å². The number of imidazole rings is 1. The first-order chi connectivity index (χ1) is 16.9. The van der Waals surface area contributed by atoms with E-state index in [-0.39, 0.29) is 28.4 Å². The number of hydrogen-bond donors (Lipinski definition) is 0. The van der Waals surface area contributed by atoms with E-state index >= 15 is 0 Å². The predicted octanol–water partition coefficient (Wildman–Crippen LogP) is 7.66. The third-order valence-corrected chi connectivity index (χ3v) is 6.74. The number of benzene rings is 2. The molecular weight excluding hydrogens is 494 g/mol. The maximum Gasteiger partial charge on any atom is 0.430 e. The summed E-state index contributed by atoms with van der Waals surface area (Å²) in [6.45, 7) is 0. The van der Waals surface area contributed by atoms with Crippen molar-refractivity contribution in [3.63, 3.8) is 0 Å². The van der Waals surface area contributed by atoms with E-state index < -0.39 is 41.3 Å². The van der Waals surface area contributed by atoms with Crippen molar-refractivity contribution in [1.29, 1.82) is 0 Å². The van der Waals surface area contributed by atoms with Gasteiger partial charge in [-0.25, -0.2) is 18.8 Å². The molecule has 36 heavy (non-hydrogen) atoms. The average Bonchev–Trinajstić information content (AvgIpc) is 3.36. The van der Waals surface area contributed by atoms with Gasteiger partial charge < -0.3 is 0 Å². The highest BCUT2D eigenvalue weighted by atomic mass is 19.4. The van der Waals surface area contributed by atoms with Crippen LogP contribution in [0, 0.1) is 17.6 Å². The van der Waals surface area contributed by atoms with E-state index in [2.05, 4.69) is 9.98 Å². The first-order valence-electron chi connectivity index (χ1n) is 11.3. The van der Waals surface area contributed by atoms with Crippen molar-refractivity contribution in [2.45, 2.75) is 50.0 Å². The summed E-state index contributed by atoms with van der Waals surface area (Å²) in [5.74, 6) is -3.61. The van der Waals surface area contributed by atoms with Gasteiger partial charge in [0.25, 0.3) is 0 Å². The van der Waals surface area contributed by atoms with Crippen LogP contribution in [0.15, 0.2) is 53.5 Å².